The van der Waals surface area contributed by atoms with Gasteiger partial charge in [-0.3, -0.25) is 4.79 Å². The minimum absolute atomic E-state index is 0.186. The zero-order valence-corrected chi connectivity index (χ0v) is 13.9. The average molecular weight is 371 g/mol. The maximum Gasteiger partial charge on any atom is 0.227 e. The van der Waals surface area contributed by atoms with Crippen LogP contribution in [0.15, 0.2) is 33.9 Å². The van der Waals surface area contributed by atoms with E-state index in [-0.39, 0.29) is 11.7 Å². The Kier molecular flexibility index (Phi) is 5.63. The highest BCUT2D eigenvalue weighted by atomic mass is 79.9. The van der Waals surface area contributed by atoms with Gasteiger partial charge in [-0.25, -0.2) is 0 Å². The molecule has 0 aliphatic heterocycles. The normalized spacial score (nSPS) is 10.6. The number of nitrogens with two attached hydrogens (primary N) is 1. The molecule has 6 nitrogen and oxygen atoms in total. The van der Waals surface area contributed by atoms with Crippen LogP contribution >= 0.6 is 27.7 Å². The van der Waals surface area contributed by atoms with Gasteiger partial charge < -0.3 is 15.0 Å². The van der Waals surface area contributed by atoms with E-state index in [1.807, 2.05) is 35.8 Å². The molecule has 1 aromatic carbocycles. The van der Waals surface area contributed by atoms with Crippen molar-refractivity contribution >= 4 is 33.6 Å². The number of rotatable bonds is 7. The molecule has 8 heteroatoms. The molecule has 0 radical (unpaired) electrons. The molecule has 0 bridgehead atoms. The van der Waals surface area contributed by atoms with Gasteiger partial charge in [-0.2, -0.15) is 0 Å². The second-order valence-electron chi connectivity index (χ2n) is 4.14. The smallest absolute Gasteiger partial charge is 0.227 e. The molecule has 2 aromatic rings. The predicted octanol–water partition coefficient (Wildman–Crippen LogP) is 2.22. The van der Waals surface area contributed by atoms with E-state index in [1.54, 1.807) is 0 Å². The summed E-state index contributed by atoms with van der Waals surface area (Å²) in [5, 5.41) is 8.84. The van der Waals surface area contributed by atoms with E-state index in [0.29, 0.717) is 24.1 Å². The molecule has 0 atom stereocenters. The Hall–Kier alpha value is -1.54. The Morgan fingerprint density at radius 3 is 2.71 bits per heavy atom. The second-order valence-corrected chi connectivity index (χ2v) is 6.00. The number of carbonyl (C=O) groups excluding carboxylic acids is 1. The largest absolute Gasteiger partial charge is 0.486 e. The SMILES string of the molecule is CCn1c(COc2ccc(Br)cc2)nnc1SCC(N)=O. The highest BCUT2D eigenvalue weighted by Gasteiger charge is 2.12. The molecule has 1 aromatic heterocycles. The van der Waals surface area contributed by atoms with Gasteiger partial charge in [0.2, 0.25) is 5.91 Å². The number of benzene rings is 1. The van der Waals surface area contributed by atoms with Crippen molar-refractivity contribution in [3.05, 3.63) is 34.6 Å². The van der Waals surface area contributed by atoms with Gasteiger partial charge in [0.05, 0.1) is 5.75 Å². The fourth-order valence-corrected chi connectivity index (χ4v) is 2.69. The van der Waals surface area contributed by atoms with Crippen LogP contribution in [-0.2, 0) is 17.9 Å². The van der Waals surface area contributed by atoms with E-state index in [4.69, 9.17) is 10.5 Å². The third kappa shape index (κ3) is 4.47. The van der Waals surface area contributed by atoms with Crippen molar-refractivity contribution in [1.29, 1.82) is 0 Å². The van der Waals surface area contributed by atoms with Crippen molar-refractivity contribution in [3.63, 3.8) is 0 Å². The van der Waals surface area contributed by atoms with E-state index in [0.717, 1.165) is 10.2 Å². The Morgan fingerprint density at radius 2 is 2.10 bits per heavy atom. The first-order chi connectivity index (χ1) is 10.1. The highest BCUT2D eigenvalue weighted by molar-refractivity contribution is 9.10. The van der Waals surface area contributed by atoms with Crippen LogP contribution in [0.1, 0.15) is 12.7 Å². The fourth-order valence-electron chi connectivity index (χ4n) is 1.66. The zero-order valence-electron chi connectivity index (χ0n) is 11.5. The molecule has 21 heavy (non-hydrogen) atoms. The van der Waals surface area contributed by atoms with Gasteiger partial charge in [-0.15, -0.1) is 10.2 Å². The molecule has 112 valence electrons. The van der Waals surface area contributed by atoms with Crippen LogP contribution in [0.5, 0.6) is 5.75 Å². The number of carbonyl (C=O) groups is 1. The summed E-state index contributed by atoms with van der Waals surface area (Å²) in [7, 11) is 0. The summed E-state index contributed by atoms with van der Waals surface area (Å²) < 4.78 is 8.59. The number of halogens is 1. The quantitative estimate of drug-likeness (QED) is 0.755. The number of ether oxygens (including phenoxy) is 1. The molecular weight excluding hydrogens is 356 g/mol. The molecule has 0 spiro atoms. The van der Waals surface area contributed by atoms with E-state index in [2.05, 4.69) is 26.1 Å². The van der Waals surface area contributed by atoms with Crippen LogP contribution < -0.4 is 10.5 Å². The van der Waals surface area contributed by atoms with Crippen molar-refractivity contribution in [2.45, 2.75) is 25.2 Å². The van der Waals surface area contributed by atoms with Crippen molar-refractivity contribution in [2.75, 3.05) is 5.75 Å². The molecule has 0 saturated carbocycles. The maximum absolute atomic E-state index is 10.8. The zero-order chi connectivity index (χ0) is 15.2. The van der Waals surface area contributed by atoms with Gasteiger partial charge in [-0.1, -0.05) is 27.7 Å². The lowest BCUT2D eigenvalue weighted by Crippen LogP contribution is -2.14. The molecule has 0 aliphatic rings. The number of nitrogens with zero attached hydrogens (tertiary/aromatic N) is 3. The Balaban J connectivity index is 2.02. The summed E-state index contributed by atoms with van der Waals surface area (Å²) in [4.78, 5) is 10.8. The van der Waals surface area contributed by atoms with Crippen LogP contribution in [0, 0.1) is 0 Å². The van der Waals surface area contributed by atoms with Crippen LogP contribution in [0.4, 0.5) is 0 Å². The van der Waals surface area contributed by atoms with E-state index in [9.17, 15) is 4.79 Å². The van der Waals surface area contributed by atoms with Gasteiger partial charge in [0, 0.05) is 11.0 Å². The maximum atomic E-state index is 10.8. The number of hydrogen-bond acceptors (Lipinski definition) is 5. The molecule has 1 heterocycles. The standard InChI is InChI=1S/C13H15BrN4O2S/c1-2-18-12(16-17-13(18)21-8-11(15)19)7-20-10-5-3-9(14)4-6-10/h3-6H,2,7-8H2,1H3,(H2,15,19). The molecule has 0 fully saturated rings. The number of thioether (sulfide) groups is 1. The number of hydrogen-bond donors (Lipinski definition) is 1. The summed E-state index contributed by atoms with van der Waals surface area (Å²) in [6.45, 7) is 3.01. The number of amides is 1. The van der Waals surface area contributed by atoms with Crippen molar-refractivity contribution in [3.8, 4) is 5.75 Å². The lowest BCUT2D eigenvalue weighted by atomic mass is 10.3. The Bertz CT molecular complexity index is 615. The first-order valence-corrected chi connectivity index (χ1v) is 8.09. The van der Waals surface area contributed by atoms with Crippen LogP contribution in [0.3, 0.4) is 0 Å². The van der Waals surface area contributed by atoms with Gasteiger partial charge >= 0.3 is 0 Å². The molecule has 0 aliphatic carbocycles. The lowest BCUT2D eigenvalue weighted by molar-refractivity contribution is -0.115. The van der Waals surface area contributed by atoms with Crippen molar-refractivity contribution in [1.82, 2.24) is 14.8 Å². The van der Waals surface area contributed by atoms with Crippen LogP contribution in [0.2, 0.25) is 0 Å². The monoisotopic (exact) mass is 370 g/mol. The van der Waals surface area contributed by atoms with Gasteiger partial charge in [-0.05, 0) is 31.2 Å². The summed E-state index contributed by atoms with van der Waals surface area (Å²) in [6, 6.07) is 7.57. The van der Waals surface area contributed by atoms with E-state index < -0.39 is 0 Å². The topological polar surface area (TPSA) is 83.0 Å². The van der Waals surface area contributed by atoms with Gasteiger partial charge in [0.25, 0.3) is 0 Å². The van der Waals surface area contributed by atoms with Crippen LogP contribution in [0.25, 0.3) is 0 Å². The average Bonchev–Trinajstić information content (AvgIpc) is 2.86. The van der Waals surface area contributed by atoms with Crippen molar-refractivity contribution in [2.24, 2.45) is 5.73 Å². The molecule has 2 rings (SSSR count). The molecule has 2 N–H and O–H groups in total. The predicted molar refractivity (Wildman–Crippen MR) is 84.1 cm³/mol. The van der Waals surface area contributed by atoms with E-state index in [1.165, 1.54) is 11.8 Å². The van der Waals surface area contributed by atoms with Crippen molar-refractivity contribution < 1.29 is 9.53 Å². The fraction of sp³-hybridized carbons (Fsp3) is 0.308. The third-order valence-electron chi connectivity index (χ3n) is 2.63. The number of aromatic nitrogens is 3. The summed E-state index contributed by atoms with van der Waals surface area (Å²) in [5.41, 5.74) is 5.14. The molecule has 0 unspecified atom stereocenters. The third-order valence-corrected chi connectivity index (χ3v) is 4.15. The van der Waals surface area contributed by atoms with Gasteiger partial charge in [0.1, 0.15) is 12.4 Å². The summed E-state index contributed by atoms with van der Waals surface area (Å²) >= 11 is 4.65. The van der Waals surface area contributed by atoms with Crippen LogP contribution in [-0.4, -0.2) is 26.4 Å². The van der Waals surface area contributed by atoms with Gasteiger partial charge in [0.15, 0.2) is 11.0 Å². The molecular formula is C13H15BrN4O2S. The summed E-state index contributed by atoms with van der Waals surface area (Å²) in [5.74, 6) is 1.28. The number of primary amides is 1. The second kappa shape index (κ2) is 7.46. The first-order valence-electron chi connectivity index (χ1n) is 6.31. The molecule has 1 amide bonds. The first kappa shape index (κ1) is 15.8. The summed E-state index contributed by atoms with van der Waals surface area (Å²) in [6.07, 6.45) is 0. The lowest BCUT2D eigenvalue weighted by Gasteiger charge is -2.08. The minimum atomic E-state index is -0.377. The minimum Gasteiger partial charge on any atom is -0.486 e. The van der Waals surface area contributed by atoms with E-state index >= 15 is 0 Å². The Labute approximate surface area is 135 Å². The Morgan fingerprint density at radius 1 is 1.38 bits per heavy atom. The molecule has 0 saturated heterocycles. The highest BCUT2D eigenvalue weighted by Crippen LogP contribution is 2.19.